The molecule has 1 unspecified atom stereocenters. The lowest BCUT2D eigenvalue weighted by atomic mass is 9.96. The van der Waals surface area contributed by atoms with Gasteiger partial charge in [-0.2, -0.15) is 0 Å². The van der Waals surface area contributed by atoms with Crippen molar-refractivity contribution in [2.75, 3.05) is 12.0 Å². The van der Waals surface area contributed by atoms with Gasteiger partial charge < -0.3 is 14.2 Å². The maximum absolute atomic E-state index is 12.9. The maximum Gasteiger partial charge on any atom is 0.339 e. The molecular weight excluding hydrogens is 320 g/mol. The summed E-state index contributed by atoms with van der Waals surface area (Å²) < 4.78 is 5.91. The molecule has 1 atom stereocenters. The first kappa shape index (κ1) is 17.0. The predicted molar refractivity (Wildman–Crippen MR) is 93.8 cm³/mol. The number of methoxy groups -OCH3 is 1. The van der Waals surface area contributed by atoms with E-state index in [1.165, 1.54) is 30.0 Å². The molecule has 1 aromatic carbocycles. The number of ether oxygens (including phenoxy) is 1. The Morgan fingerprint density at radius 1 is 1.20 bits per heavy atom. The molecule has 3 rings (SSSR count). The molecule has 130 valence electrons. The van der Waals surface area contributed by atoms with Crippen LogP contribution in [0.5, 0.6) is 0 Å². The second kappa shape index (κ2) is 6.93. The number of benzene rings is 1. The van der Waals surface area contributed by atoms with Gasteiger partial charge in [0.2, 0.25) is 5.91 Å². The van der Waals surface area contributed by atoms with E-state index in [0.29, 0.717) is 0 Å². The van der Waals surface area contributed by atoms with Crippen LogP contribution in [0, 0.1) is 0 Å². The third kappa shape index (κ3) is 3.33. The van der Waals surface area contributed by atoms with Gasteiger partial charge in [0, 0.05) is 24.0 Å². The number of hydrogen-bond acceptors (Lipinski definition) is 4. The van der Waals surface area contributed by atoms with Crippen molar-refractivity contribution in [3.8, 4) is 0 Å². The van der Waals surface area contributed by atoms with Crippen LogP contribution in [0.1, 0.15) is 29.3 Å². The van der Waals surface area contributed by atoms with Gasteiger partial charge in [0.05, 0.1) is 12.7 Å². The van der Waals surface area contributed by atoms with E-state index in [1.807, 2.05) is 31.2 Å². The molecule has 1 aliphatic heterocycles. The second-order valence-corrected chi connectivity index (χ2v) is 6.16. The lowest BCUT2D eigenvalue weighted by molar-refractivity contribution is -0.119. The fourth-order valence-corrected chi connectivity index (χ4v) is 3.18. The molecule has 0 spiro atoms. The van der Waals surface area contributed by atoms with E-state index in [-0.39, 0.29) is 29.6 Å². The number of rotatable bonds is 3. The van der Waals surface area contributed by atoms with Crippen molar-refractivity contribution in [2.24, 2.45) is 0 Å². The summed E-state index contributed by atoms with van der Waals surface area (Å²) in [5.74, 6) is -0.721. The van der Waals surface area contributed by atoms with E-state index in [0.717, 1.165) is 24.1 Å². The Bertz CT molecular complexity index is 872. The van der Waals surface area contributed by atoms with Crippen molar-refractivity contribution in [1.82, 2.24) is 4.57 Å². The summed E-state index contributed by atoms with van der Waals surface area (Å²) >= 11 is 0. The Hall–Kier alpha value is -2.89. The molecule has 0 N–H and O–H groups in total. The topological polar surface area (TPSA) is 68.6 Å². The van der Waals surface area contributed by atoms with Crippen LogP contribution >= 0.6 is 0 Å². The van der Waals surface area contributed by atoms with Gasteiger partial charge in [-0.05, 0) is 37.5 Å². The molecule has 25 heavy (non-hydrogen) atoms. The third-order valence-corrected chi connectivity index (χ3v) is 4.50. The van der Waals surface area contributed by atoms with Gasteiger partial charge >= 0.3 is 5.97 Å². The summed E-state index contributed by atoms with van der Waals surface area (Å²) in [5, 5.41) is 0. The van der Waals surface area contributed by atoms with Crippen LogP contribution in [0.15, 0.2) is 47.4 Å². The van der Waals surface area contributed by atoms with E-state index in [9.17, 15) is 14.4 Å². The fourth-order valence-electron chi connectivity index (χ4n) is 3.18. The predicted octanol–water partition coefficient (Wildman–Crippen LogP) is 2.00. The normalized spacial score (nSPS) is 16.2. The number of esters is 1. The highest BCUT2D eigenvalue weighted by molar-refractivity contribution is 5.95. The van der Waals surface area contributed by atoms with Crippen LogP contribution < -0.4 is 10.5 Å². The van der Waals surface area contributed by atoms with Gasteiger partial charge in [0.25, 0.3) is 5.56 Å². The highest BCUT2D eigenvalue weighted by atomic mass is 16.5. The third-order valence-electron chi connectivity index (χ3n) is 4.50. The lowest BCUT2D eigenvalue weighted by Gasteiger charge is -2.35. The van der Waals surface area contributed by atoms with E-state index in [4.69, 9.17) is 0 Å². The van der Waals surface area contributed by atoms with Crippen LogP contribution in [-0.2, 0) is 22.5 Å². The molecule has 2 aromatic rings. The Kier molecular flexibility index (Phi) is 4.70. The van der Waals surface area contributed by atoms with Crippen molar-refractivity contribution in [3.05, 3.63) is 64.1 Å². The molecule has 2 heterocycles. The molecule has 6 nitrogen and oxygen atoms in total. The van der Waals surface area contributed by atoms with Gasteiger partial charge in [-0.25, -0.2) is 4.79 Å². The first-order chi connectivity index (χ1) is 12.0. The highest BCUT2D eigenvalue weighted by Gasteiger charge is 2.28. The average Bonchev–Trinajstić information content (AvgIpc) is 2.62. The number of aromatic nitrogens is 1. The van der Waals surface area contributed by atoms with E-state index < -0.39 is 5.97 Å². The van der Waals surface area contributed by atoms with Crippen LogP contribution in [-0.4, -0.2) is 29.6 Å². The van der Waals surface area contributed by atoms with Crippen LogP contribution in [0.4, 0.5) is 5.69 Å². The Balaban J connectivity index is 1.90. The minimum absolute atomic E-state index is 0.0573. The second-order valence-electron chi connectivity index (χ2n) is 6.16. The minimum atomic E-state index is -0.544. The maximum atomic E-state index is 12.9. The molecule has 0 saturated carbocycles. The number of para-hydroxylation sites is 1. The number of amides is 1. The summed E-state index contributed by atoms with van der Waals surface area (Å²) in [6, 6.07) is 10.5. The SMILES string of the molecule is COC(=O)c1ccc(=O)n(CC(=O)N2c3ccccc3CCC2C)c1. The monoisotopic (exact) mass is 340 g/mol. The fraction of sp³-hybridized carbons (Fsp3) is 0.316. The van der Waals surface area contributed by atoms with E-state index in [2.05, 4.69) is 4.74 Å². The number of carbonyl (C=O) groups is 2. The van der Waals surface area contributed by atoms with Crippen molar-refractivity contribution in [1.29, 1.82) is 0 Å². The quantitative estimate of drug-likeness (QED) is 0.802. The van der Waals surface area contributed by atoms with Crippen LogP contribution in [0.25, 0.3) is 0 Å². The molecule has 6 heteroatoms. The smallest absolute Gasteiger partial charge is 0.339 e. The van der Waals surface area contributed by atoms with Crippen molar-refractivity contribution in [2.45, 2.75) is 32.4 Å². The van der Waals surface area contributed by atoms with E-state index in [1.54, 1.807) is 4.90 Å². The highest BCUT2D eigenvalue weighted by Crippen LogP contribution is 2.30. The molecule has 0 bridgehead atoms. The van der Waals surface area contributed by atoms with Crippen molar-refractivity contribution >= 4 is 17.6 Å². The van der Waals surface area contributed by atoms with Gasteiger partial charge in [0.1, 0.15) is 6.54 Å². The van der Waals surface area contributed by atoms with Gasteiger partial charge in [-0.15, -0.1) is 0 Å². The summed E-state index contributed by atoms with van der Waals surface area (Å²) in [7, 11) is 1.27. The number of nitrogens with zero attached hydrogens (tertiary/aromatic N) is 2. The zero-order valence-electron chi connectivity index (χ0n) is 14.3. The summed E-state index contributed by atoms with van der Waals surface area (Å²) in [4.78, 5) is 38.4. The first-order valence-electron chi connectivity index (χ1n) is 8.20. The molecule has 0 saturated heterocycles. The molecule has 1 amide bonds. The number of hydrogen-bond donors (Lipinski definition) is 0. The standard InChI is InChI=1S/C19H20N2O4/c1-13-7-8-14-5-3-4-6-16(14)21(13)18(23)12-20-11-15(19(24)25-2)9-10-17(20)22/h3-6,9-11,13H,7-8,12H2,1-2H3. The summed E-state index contributed by atoms with van der Waals surface area (Å²) in [5.41, 5.74) is 1.92. The number of carbonyl (C=O) groups excluding carboxylic acids is 2. The van der Waals surface area contributed by atoms with Crippen molar-refractivity contribution in [3.63, 3.8) is 0 Å². The lowest BCUT2D eigenvalue weighted by Crippen LogP contribution is -2.44. The summed E-state index contributed by atoms with van der Waals surface area (Å²) in [6.07, 6.45) is 3.17. The number of fused-ring (bicyclic) bond motifs is 1. The van der Waals surface area contributed by atoms with Gasteiger partial charge in [-0.1, -0.05) is 18.2 Å². The zero-order chi connectivity index (χ0) is 18.0. The Labute approximate surface area is 145 Å². The zero-order valence-corrected chi connectivity index (χ0v) is 14.3. The molecule has 1 aromatic heterocycles. The Morgan fingerprint density at radius 2 is 1.96 bits per heavy atom. The average molecular weight is 340 g/mol. The van der Waals surface area contributed by atoms with Gasteiger partial charge in [-0.3, -0.25) is 9.59 Å². The summed E-state index contributed by atoms with van der Waals surface area (Å²) in [6.45, 7) is 1.88. The number of pyridine rings is 1. The largest absolute Gasteiger partial charge is 0.465 e. The molecule has 0 fully saturated rings. The first-order valence-corrected chi connectivity index (χ1v) is 8.20. The number of aryl methyl sites for hydroxylation is 1. The molecule has 0 aliphatic carbocycles. The van der Waals surface area contributed by atoms with Crippen LogP contribution in [0.2, 0.25) is 0 Å². The number of anilines is 1. The van der Waals surface area contributed by atoms with Gasteiger partial charge in [0.15, 0.2) is 0 Å². The molecular formula is C19H20N2O4. The van der Waals surface area contributed by atoms with E-state index >= 15 is 0 Å². The Morgan fingerprint density at radius 3 is 2.72 bits per heavy atom. The van der Waals surface area contributed by atoms with Crippen molar-refractivity contribution < 1.29 is 14.3 Å². The van der Waals surface area contributed by atoms with Crippen LogP contribution in [0.3, 0.4) is 0 Å². The molecule has 1 aliphatic rings. The molecule has 0 radical (unpaired) electrons. The minimum Gasteiger partial charge on any atom is -0.465 e.